The highest BCUT2D eigenvalue weighted by Gasteiger charge is 2.27. The minimum atomic E-state index is 0.0317. The Hall–Kier alpha value is -2.44. The summed E-state index contributed by atoms with van der Waals surface area (Å²) < 4.78 is 1.65. The lowest BCUT2D eigenvalue weighted by Crippen LogP contribution is -2.46. The van der Waals surface area contributed by atoms with Crippen LogP contribution in [-0.2, 0) is 7.05 Å². The van der Waals surface area contributed by atoms with Crippen molar-refractivity contribution < 1.29 is 4.79 Å². The van der Waals surface area contributed by atoms with Crippen molar-refractivity contribution in [2.75, 3.05) is 25.0 Å². The van der Waals surface area contributed by atoms with Gasteiger partial charge >= 0.3 is 0 Å². The SMILES string of the molecule is Cc1cc(C)nc(N2CCC(N(C)C(=O)c3cnn(C)c3)CC2)n1. The topological polar surface area (TPSA) is 67.2 Å². The number of hydrogen-bond donors (Lipinski definition) is 0. The number of aryl methyl sites for hydroxylation is 3. The van der Waals surface area contributed by atoms with Crippen molar-refractivity contribution in [2.45, 2.75) is 32.7 Å². The van der Waals surface area contributed by atoms with Gasteiger partial charge in [0.2, 0.25) is 5.95 Å². The van der Waals surface area contributed by atoms with Crippen molar-refractivity contribution in [1.82, 2.24) is 24.6 Å². The van der Waals surface area contributed by atoms with Crippen LogP contribution in [0.5, 0.6) is 0 Å². The monoisotopic (exact) mass is 328 g/mol. The molecule has 3 heterocycles. The van der Waals surface area contributed by atoms with Crippen LogP contribution >= 0.6 is 0 Å². The predicted octanol–water partition coefficient (Wildman–Crippen LogP) is 1.57. The molecule has 7 nitrogen and oxygen atoms in total. The summed E-state index contributed by atoms with van der Waals surface area (Å²) >= 11 is 0. The Balaban J connectivity index is 1.63. The summed E-state index contributed by atoms with van der Waals surface area (Å²) in [5, 5.41) is 4.08. The molecule has 0 unspecified atom stereocenters. The van der Waals surface area contributed by atoms with Crippen LogP contribution in [0.2, 0.25) is 0 Å². The largest absolute Gasteiger partial charge is 0.341 e. The molecule has 0 saturated carbocycles. The summed E-state index contributed by atoms with van der Waals surface area (Å²) in [5.41, 5.74) is 2.62. The van der Waals surface area contributed by atoms with Crippen LogP contribution in [0.15, 0.2) is 18.5 Å². The Morgan fingerprint density at radius 3 is 2.38 bits per heavy atom. The smallest absolute Gasteiger partial charge is 0.257 e. The van der Waals surface area contributed by atoms with Gasteiger partial charge in [-0.15, -0.1) is 0 Å². The first-order valence-electron chi connectivity index (χ1n) is 8.27. The van der Waals surface area contributed by atoms with Gasteiger partial charge in [-0.3, -0.25) is 9.48 Å². The van der Waals surface area contributed by atoms with E-state index in [-0.39, 0.29) is 11.9 Å². The molecule has 1 saturated heterocycles. The highest BCUT2D eigenvalue weighted by molar-refractivity contribution is 5.93. The first-order valence-corrected chi connectivity index (χ1v) is 8.27. The average molecular weight is 328 g/mol. The first-order chi connectivity index (χ1) is 11.4. The lowest BCUT2D eigenvalue weighted by Gasteiger charge is -2.36. The molecular weight excluding hydrogens is 304 g/mol. The van der Waals surface area contributed by atoms with E-state index in [1.165, 1.54) is 0 Å². The number of rotatable bonds is 3. The minimum absolute atomic E-state index is 0.0317. The van der Waals surface area contributed by atoms with Crippen LogP contribution in [0.4, 0.5) is 5.95 Å². The van der Waals surface area contributed by atoms with Crippen LogP contribution in [0.25, 0.3) is 0 Å². The maximum Gasteiger partial charge on any atom is 0.257 e. The number of piperidine rings is 1. The van der Waals surface area contributed by atoms with E-state index < -0.39 is 0 Å². The highest BCUT2D eigenvalue weighted by atomic mass is 16.2. The van der Waals surface area contributed by atoms with Gasteiger partial charge in [-0.05, 0) is 32.8 Å². The zero-order valence-corrected chi connectivity index (χ0v) is 14.7. The molecule has 1 aliphatic heterocycles. The van der Waals surface area contributed by atoms with E-state index in [2.05, 4.69) is 20.0 Å². The molecule has 128 valence electrons. The maximum atomic E-state index is 12.5. The number of nitrogens with zero attached hydrogens (tertiary/aromatic N) is 6. The van der Waals surface area contributed by atoms with Gasteiger partial charge in [-0.25, -0.2) is 9.97 Å². The van der Waals surface area contributed by atoms with Crippen LogP contribution in [0.3, 0.4) is 0 Å². The molecule has 3 rings (SSSR count). The summed E-state index contributed by atoms with van der Waals surface area (Å²) in [6.45, 7) is 5.70. The highest BCUT2D eigenvalue weighted by Crippen LogP contribution is 2.21. The summed E-state index contributed by atoms with van der Waals surface area (Å²) in [4.78, 5) is 25.7. The molecule has 0 atom stereocenters. The Kier molecular flexibility index (Phi) is 4.51. The zero-order valence-electron chi connectivity index (χ0n) is 14.7. The third-order valence-corrected chi connectivity index (χ3v) is 4.54. The average Bonchev–Trinajstić information content (AvgIpc) is 2.99. The fourth-order valence-corrected chi connectivity index (χ4v) is 3.20. The van der Waals surface area contributed by atoms with E-state index in [9.17, 15) is 4.79 Å². The van der Waals surface area contributed by atoms with Gasteiger partial charge in [0.1, 0.15) is 0 Å². The second-order valence-electron chi connectivity index (χ2n) is 6.49. The molecule has 0 N–H and O–H groups in total. The van der Waals surface area contributed by atoms with Gasteiger partial charge in [0.25, 0.3) is 5.91 Å². The molecule has 0 radical (unpaired) electrons. The molecule has 0 spiro atoms. The summed E-state index contributed by atoms with van der Waals surface area (Å²) in [6, 6.07) is 2.22. The predicted molar refractivity (Wildman–Crippen MR) is 92.0 cm³/mol. The molecule has 24 heavy (non-hydrogen) atoms. The van der Waals surface area contributed by atoms with E-state index in [1.54, 1.807) is 17.1 Å². The van der Waals surface area contributed by atoms with Crippen molar-refractivity contribution in [3.8, 4) is 0 Å². The van der Waals surface area contributed by atoms with E-state index >= 15 is 0 Å². The molecule has 7 heteroatoms. The van der Waals surface area contributed by atoms with Gasteiger partial charge in [-0.1, -0.05) is 0 Å². The third kappa shape index (κ3) is 3.39. The van der Waals surface area contributed by atoms with Gasteiger partial charge in [0.15, 0.2) is 0 Å². The quantitative estimate of drug-likeness (QED) is 0.855. The Morgan fingerprint density at radius 2 is 1.83 bits per heavy atom. The van der Waals surface area contributed by atoms with E-state index in [4.69, 9.17) is 0 Å². The van der Waals surface area contributed by atoms with Gasteiger partial charge in [0, 0.05) is 50.8 Å². The number of amides is 1. The summed E-state index contributed by atoms with van der Waals surface area (Å²) in [5.74, 6) is 0.830. The van der Waals surface area contributed by atoms with Crippen LogP contribution in [0, 0.1) is 13.8 Å². The fourth-order valence-electron chi connectivity index (χ4n) is 3.20. The molecule has 2 aromatic heterocycles. The van der Waals surface area contributed by atoms with Crippen LogP contribution in [0.1, 0.15) is 34.6 Å². The van der Waals surface area contributed by atoms with Crippen molar-refractivity contribution in [3.05, 3.63) is 35.4 Å². The lowest BCUT2D eigenvalue weighted by molar-refractivity contribution is 0.0709. The fraction of sp³-hybridized carbons (Fsp3) is 0.529. The van der Waals surface area contributed by atoms with Gasteiger partial charge in [0.05, 0.1) is 11.8 Å². The van der Waals surface area contributed by atoms with E-state index in [0.717, 1.165) is 43.3 Å². The molecule has 0 bridgehead atoms. The second kappa shape index (κ2) is 6.59. The summed E-state index contributed by atoms with van der Waals surface area (Å²) in [7, 11) is 3.70. The summed E-state index contributed by atoms with van der Waals surface area (Å²) in [6.07, 6.45) is 5.21. The number of hydrogen-bond acceptors (Lipinski definition) is 5. The van der Waals surface area contributed by atoms with Crippen LogP contribution in [-0.4, -0.2) is 56.7 Å². The van der Waals surface area contributed by atoms with E-state index in [0.29, 0.717) is 5.56 Å². The minimum Gasteiger partial charge on any atom is -0.341 e. The molecular formula is C17H24N6O. The molecule has 2 aromatic rings. The molecule has 0 aliphatic carbocycles. The van der Waals surface area contributed by atoms with Crippen molar-refractivity contribution in [3.63, 3.8) is 0 Å². The first kappa shape index (κ1) is 16.4. The molecule has 0 aromatic carbocycles. The lowest BCUT2D eigenvalue weighted by atomic mass is 10.0. The standard InChI is InChI=1S/C17H24N6O/c1-12-9-13(2)20-17(19-12)23-7-5-15(6-8-23)22(4)16(24)14-10-18-21(3)11-14/h9-11,15H,5-8H2,1-4H3. The number of aromatic nitrogens is 4. The molecule has 1 amide bonds. The second-order valence-corrected chi connectivity index (χ2v) is 6.49. The number of carbonyl (C=O) groups is 1. The zero-order chi connectivity index (χ0) is 17.3. The van der Waals surface area contributed by atoms with Crippen molar-refractivity contribution >= 4 is 11.9 Å². The van der Waals surface area contributed by atoms with Crippen molar-refractivity contribution in [1.29, 1.82) is 0 Å². The number of anilines is 1. The molecule has 1 aliphatic rings. The maximum absolute atomic E-state index is 12.5. The van der Waals surface area contributed by atoms with Gasteiger partial charge < -0.3 is 9.80 Å². The number of carbonyl (C=O) groups excluding carboxylic acids is 1. The normalized spacial score (nSPS) is 15.6. The van der Waals surface area contributed by atoms with Gasteiger partial charge in [-0.2, -0.15) is 5.10 Å². The molecule has 1 fully saturated rings. The Morgan fingerprint density at radius 1 is 1.21 bits per heavy atom. The van der Waals surface area contributed by atoms with E-state index in [1.807, 2.05) is 38.9 Å². The van der Waals surface area contributed by atoms with Crippen LogP contribution < -0.4 is 4.90 Å². The Bertz CT molecular complexity index is 712. The third-order valence-electron chi connectivity index (χ3n) is 4.54. The van der Waals surface area contributed by atoms with Crippen molar-refractivity contribution in [2.24, 2.45) is 7.05 Å². The Labute approximate surface area is 142 Å².